The van der Waals surface area contributed by atoms with E-state index in [4.69, 9.17) is 16.3 Å². The van der Waals surface area contributed by atoms with Crippen molar-refractivity contribution < 1.29 is 4.74 Å². The molecule has 1 fully saturated rings. The first-order valence-corrected chi connectivity index (χ1v) is 6.02. The predicted octanol–water partition coefficient (Wildman–Crippen LogP) is 1.18. The lowest BCUT2D eigenvalue weighted by atomic mass is 10.3. The van der Waals surface area contributed by atoms with E-state index in [9.17, 15) is 0 Å². The Kier molecular flexibility index (Phi) is 3.96. The van der Waals surface area contributed by atoms with Crippen LogP contribution in [-0.4, -0.2) is 47.8 Å². The van der Waals surface area contributed by atoms with Gasteiger partial charge in [-0.3, -0.25) is 0 Å². The van der Waals surface area contributed by atoms with E-state index in [2.05, 4.69) is 25.2 Å². The molecule has 7 heteroatoms. The van der Waals surface area contributed by atoms with E-state index in [1.54, 1.807) is 7.05 Å². The highest BCUT2D eigenvalue weighted by molar-refractivity contribution is 6.28. The fraction of sp³-hybridized carbons (Fsp3) is 0.700. The number of nitrogens with zero attached hydrogens (tertiary/aromatic N) is 4. The van der Waals surface area contributed by atoms with Crippen molar-refractivity contribution in [2.75, 3.05) is 37.0 Å². The van der Waals surface area contributed by atoms with Crippen LogP contribution in [0.15, 0.2) is 0 Å². The summed E-state index contributed by atoms with van der Waals surface area (Å²) >= 11 is 5.87. The molecule has 0 bridgehead atoms. The van der Waals surface area contributed by atoms with Crippen LogP contribution < -0.4 is 10.2 Å². The third-order valence-corrected chi connectivity index (χ3v) is 2.72. The molecule has 0 spiro atoms. The summed E-state index contributed by atoms with van der Waals surface area (Å²) in [5.41, 5.74) is 0. The molecule has 2 rings (SSSR count). The van der Waals surface area contributed by atoms with Gasteiger partial charge < -0.3 is 15.0 Å². The summed E-state index contributed by atoms with van der Waals surface area (Å²) in [5.74, 6) is 1.09. The van der Waals surface area contributed by atoms with Crippen molar-refractivity contribution in [1.82, 2.24) is 15.0 Å². The van der Waals surface area contributed by atoms with Gasteiger partial charge in [-0.15, -0.1) is 0 Å². The van der Waals surface area contributed by atoms with Crippen LogP contribution in [-0.2, 0) is 4.74 Å². The van der Waals surface area contributed by atoms with Gasteiger partial charge in [0.2, 0.25) is 17.2 Å². The van der Waals surface area contributed by atoms with Crippen LogP contribution in [0.25, 0.3) is 0 Å². The van der Waals surface area contributed by atoms with Crippen molar-refractivity contribution in [1.29, 1.82) is 0 Å². The Morgan fingerprint density at radius 1 is 1.41 bits per heavy atom. The topological polar surface area (TPSA) is 63.2 Å². The van der Waals surface area contributed by atoms with Crippen molar-refractivity contribution in [3.05, 3.63) is 5.28 Å². The van der Waals surface area contributed by atoms with Crippen LogP contribution in [0, 0.1) is 0 Å². The van der Waals surface area contributed by atoms with E-state index >= 15 is 0 Å². The fourth-order valence-corrected chi connectivity index (χ4v) is 1.92. The molecule has 94 valence electrons. The van der Waals surface area contributed by atoms with Crippen molar-refractivity contribution in [3.8, 4) is 0 Å². The number of rotatable bonds is 2. The van der Waals surface area contributed by atoms with E-state index in [-0.39, 0.29) is 11.4 Å². The zero-order valence-electron chi connectivity index (χ0n) is 9.98. The molecule has 2 heterocycles. The Balaban J connectivity index is 2.22. The molecule has 0 aromatic carbocycles. The molecule has 1 aromatic rings. The smallest absolute Gasteiger partial charge is 0.231 e. The highest BCUT2D eigenvalue weighted by atomic mass is 35.5. The van der Waals surface area contributed by atoms with Crippen LogP contribution >= 0.6 is 11.6 Å². The van der Waals surface area contributed by atoms with Crippen molar-refractivity contribution in [2.45, 2.75) is 19.4 Å². The van der Waals surface area contributed by atoms with Gasteiger partial charge in [-0.25, -0.2) is 0 Å². The molecule has 0 saturated carbocycles. The van der Waals surface area contributed by atoms with E-state index in [0.29, 0.717) is 11.9 Å². The highest BCUT2D eigenvalue weighted by Gasteiger charge is 2.18. The summed E-state index contributed by atoms with van der Waals surface area (Å²) < 4.78 is 5.58. The highest BCUT2D eigenvalue weighted by Crippen LogP contribution is 2.16. The molecular formula is C10H16ClN5O. The quantitative estimate of drug-likeness (QED) is 0.859. The number of hydrogen-bond acceptors (Lipinski definition) is 6. The van der Waals surface area contributed by atoms with Crippen LogP contribution in [0.2, 0.25) is 5.28 Å². The van der Waals surface area contributed by atoms with E-state index in [1.807, 2.05) is 6.92 Å². The van der Waals surface area contributed by atoms with Gasteiger partial charge in [-0.05, 0) is 24.9 Å². The zero-order valence-corrected chi connectivity index (χ0v) is 10.7. The number of halogens is 1. The molecule has 1 aliphatic rings. The Morgan fingerprint density at radius 3 is 3.00 bits per heavy atom. The Morgan fingerprint density at radius 2 is 2.24 bits per heavy atom. The summed E-state index contributed by atoms with van der Waals surface area (Å²) in [6, 6.07) is 0. The summed E-state index contributed by atoms with van der Waals surface area (Å²) in [4.78, 5) is 14.5. The lowest BCUT2D eigenvalue weighted by Crippen LogP contribution is -2.31. The maximum atomic E-state index is 5.87. The van der Waals surface area contributed by atoms with Gasteiger partial charge in [0, 0.05) is 26.7 Å². The van der Waals surface area contributed by atoms with Gasteiger partial charge >= 0.3 is 0 Å². The van der Waals surface area contributed by atoms with Crippen molar-refractivity contribution in [2.24, 2.45) is 0 Å². The third-order valence-electron chi connectivity index (χ3n) is 2.56. The summed E-state index contributed by atoms with van der Waals surface area (Å²) in [5, 5.41) is 3.08. The van der Waals surface area contributed by atoms with Gasteiger partial charge in [0.05, 0.1) is 6.10 Å². The Labute approximate surface area is 105 Å². The minimum absolute atomic E-state index is 0.172. The third kappa shape index (κ3) is 3.17. The second kappa shape index (κ2) is 5.46. The summed E-state index contributed by atoms with van der Waals surface area (Å²) in [7, 11) is 1.75. The van der Waals surface area contributed by atoms with E-state index in [1.165, 1.54) is 0 Å². The summed E-state index contributed by atoms with van der Waals surface area (Å²) in [6.07, 6.45) is 1.13. The number of nitrogens with one attached hydrogen (secondary N) is 1. The van der Waals surface area contributed by atoms with Crippen molar-refractivity contribution in [3.63, 3.8) is 0 Å². The van der Waals surface area contributed by atoms with Crippen LogP contribution in [0.5, 0.6) is 0 Å². The Bertz CT molecular complexity index is 389. The molecule has 1 atom stereocenters. The van der Waals surface area contributed by atoms with Crippen LogP contribution in [0.1, 0.15) is 13.3 Å². The number of anilines is 2. The first-order valence-electron chi connectivity index (χ1n) is 5.65. The molecular weight excluding hydrogens is 242 g/mol. The van der Waals surface area contributed by atoms with Gasteiger partial charge in [-0.1, -0.05) is 0 Å². The van der Waals surface area contributed by atoms with Gasteiger partial charge in [0.15, 0.2) is 0 Å². The van der Waals surface area contributed by atoms with Crippen LogP contribution in [0.4, 0.5) is 11.9 Å². The van der Waals surface area contributed by atoms with Gasteiger partial charge in [-0.2, -0.15) is 15.0 Å². The molecule has 1 saturated heterocycles. The maximum Gasteiger partial charge on any atom is 0.231 e. The molecule has 1 unspecified atom stereocenters. The average Bonchev–Trinajstić information content (AvgIpc) is 2.53. The molecule has 17 heavy (non-hydrogen) atoms. The number of hydrogen-bond donors (Lipinski definition) is 1. The van der Waals surface area contributed by atoms with E-state index < -0.39 is 0 Å². The number of aromatic nitrogens is 3. The minimum atomic E-state index is 0.172. The normalized spacial score (nSPS) is 21.1. The second-order valence-electron chi connectivity index (χ2n) is 3.96. The standard InChI is InChI=1S/C10H16ClN5O/c1-7-6-16(4-3-5-17-7)10-14-8(11)13-9(12-2)15-10/h7H,3-6H2,1-2H3,(H,12,13,14,15). The first-order chi connectivity index (χ1) is 8.19. The summed E-state index contributed by atoms with van der Waals surface area (Å²) in [6.45, 7) is 4.45. The SMILES string of the molecule is CNc1nc(Cl)nc(N2CCCOC(C)C2)n1. The monoisotopic (exact) mass is 257 g/mol. The molecule has 0 amide bonds. The van der Waals surface area contributed by atoms with Gasteiger partial charge in [0.25, 0.3) is 0 Å². The van der Waals surface area contributed by atoms with Crippen molar-refractivity contribution >= 4 is 23.5 Å². The minimum Gasteiger partial charge on any atom is -0.377 e. The lowest BCUT2D eigenvalue weighted by molar-refractivity contribution is 0.0820. The molecule has 0 aliphatic carbocycles. The predicted molar refractivity (Wildman–Crippen MR) is 66.6 cm³/mol. The number of ether oxygens (including phenoxy) is 1. The maximum absolute atomic E-state index is 5.87. The first kappa shape index (κ1) is 12.3. The lowest BCUT2D eigenvalue weighted by Gasteiger charge is -2.22. The van der Waals surface area contributed by atoms with E-state index in [0.717, 1.165) is 26.1 Å². The molecule has 0 radical (unpaired) electrons. The Hall–Kier alpha value is -1.14. The van der Waals surface area contributed by atoms with Gasteiger partial charge in [0.1, 0.15) is 0 Å². The molecule has 1 N–H and O–H groups in total. The molecule has 1 aromatic heterocycles. The zero-order chi connectivity index (χ0) is 12.3. The average molecular weight is 258 g/mol. The second-order valence-corrected chi connectivity index (χ2v) is 4.30. The fourth-order valence-electron chi connectivity index (χ4n) is 1.77. The molecule has 1 aliphatic heterocycles. The largest absolute Gasteiger partial charge is 0.377 e. The van der Waals surface area contributed by atoms with Crippen LogP contribution in [0.3, 0.4) is 0 Å². The molecule has 6 nitrogen and oxygen atoms in total.